The second-order valence-electron chi connectivity index (χ2n) is 5.54. The second kappa shape index (κ2) is 5.09. The summed E-state index contributed by atoms with van der Waals surface area (Å²) in [4.78, 5) is 2.50. The van der Waals surface area contributed by atoms with Crippen LogP contribution in [0.5, 0.6) is 0 Å². The van der Waals surface area contributed by atoms with Crippen molar-refractivity contribution in [2.75, 3.05) is 18.0 Å². The molecule has 1 heterocycles. The number of anilines is 1. The summed E-state index contributed by atoms with van der Waals surface area (Å²) < 4.78 is 0. The number of nitrogens with two attached hydrogens (primary N) is 1. The Morgan fingerprint density at radius 2 is 1.94 bits per heavy atom. The summed E-state index contributed by atoms with van der Waals surface area (Å²) in [5.41, 5.74) is 8.66. The van der Waals surface area contributed by atoms with E-state index >= 15 is 0 Å². The Morgan fingerprint density at radius 3 is 2.59 bits per heavy atom. The molecule has 0 aromatic heterocycles. The van der Waals surface area contributed by atoms with Crippen molar-refractivity contribution in [2.24, 2.45) is 17.6 Å². The minimum Gasteiger partial charge on any atom is -0.371 e. The number of rotatable bonds is 2. The first kappa shape index (κ1) is 12.4. The molecule has 0 saturated carbocycles. The Labute approximate surface area is 105 Å². The zero-order chi connectivity index (χ0) is 12.4. The fourth-order valence-electron chi connectivity index (χ4n) is 2.64. The van der Waals surface area contributed by atoms with E-state index in [9.17, 15) is 0 Å². The van der Waals surface area contributed by atoms with Crippen LogP contribution in [0.1, 0.15) is 38.8 Å². The third-order valence-corrected chi connectivity index (χ3v) is 4.10. The number of para-hydroxylation sites is 1. The van der Waals surface area contributed by atoms with Gasteiger partial charge in [-0.15, -0.1) is 0 Å². The van der Waals surface area contributed by atoms with Crippen molar-refractivity contribution in [1.29, 1.82) is 0 Å². The number of piperidine rings is 1. The van der Waals surface area contributed by atoms with Crippen LogP contribution in [0.3, 0.4) is 0 Å². The molecule has 0 radical (unpaired) electrons. The summed E-state index contributed by atoms with van der Waals surface area (Å²) in [5.74, 6) is 1.61. The Balaban J connectivity index is 2.22. The maximum Gasteiger partial charge on any atom is 0.0414 e. The molecule has 1 aromatic carbocycles. The van der Waals surface area contributed by atoms with Gasteiger partial charge < -0.3 is 10.6 Å². The van der Waals surface area contributed by atoms with E-state index in [2.05, 4.69) is 49.9 Å². The standard InChI is InChI=1S/C15H24N2/c1-11-8-9-17(10-12(11)2)15-7-5-4-6-14(15)13(3)16/h4-7,11-13H,8-10,16H2,1-3H3/t11?,12?,13-/m1/s1. The Hall–Kier alpha value is -1.02. The van der Waals surface area contributed by atoms with Crippen LogP contribution in [-0.4, -0.2) is 13.1 Å². The summed E-state index contributed by atoms with van der Waals surface area (Å²) in [7, 11) is 0. The largest absolute Gasteiger partial charge is 0.371 e. The molecule has 2 N–H and O–H groups in total. The van der Waals surface area contributed by atoms with E-state index in [0.717, 1.165) is 24.9 Å². The minimum atomic E-state index is 0.112. The van der Waals surface area contributed by atoms with Crippen molar-refractivity contribution in [3.63, 3.8) is 0 Å². The normalized spacial score (nSPS) is 26.9. The molecule has 2 heteroatoms. The van der Waals surface area contributed by atoms with Crippen LogP contribution in [0.4, 0.5) is 5.69 Å². The van der Waals surface area contributed by atoms with Gasteiger partial charge in [0.1, 0.15) is 0 Å². The Bertz CT molecular complexity index is 373. The Morgan fingerprint density at radius 1 is 1.24 bits per heavy atom. The van der Waals surface area contributed by atoms with Gasteiger partial charge in [0.05, 0.1) is 0 Å². The van der Waals surface area contributed by atoms with Gasteiger partial charge in [-0.2, -0.15) is 0 Å². The number of nitrogens with zero attached hydrogens (tertiary/aromatic N) is 1. The van der Waals surface area contributed by atoms with Crippen LogP contribution >= 0.6 is 0 Å². The quantitative estimate of drug-likeness (QED) is 0.848. The fourth-order valence-corrected chi connectivity index (χ4v) is 2.64. The maximum atomic E-state index is 6.06. The zero-order valence-electron chi connectivity index (χ0n) is 11.2. The summed E-state index contributed by atoms with van der Waals surface area (Å²) in [6, 6.07) is 8.67. The lowest BCUT2D eigenvalue weighted by molar-refractivity contribution is 0.323. The van der Waals surface area contributed by atoms with Crippen molar-refractivity contribution in [3.8, 4) is 0 Å². The molecule has 2 unspecified atom stereocenters. The monoisotopic (exact) mass is 232 g/mol. The van der Waals surface area contributed by atoms with Crippen LogP contribution in [-0.2, 0) is 0 Å². The van der Waals surface area contributed by atoms with E-state index in [4.69, 9.17) is 5.73 Å². The lowest BCUT2D eigenvalue weighted by Crippen LogP contribution is -2.39. The molecule has 0 spiro atoms. The zero-order valence-corrected chi connectivity index (χ0v) is 11.2. The molecule has 1 fully saturated rings. The molecule has 1 aliphatic rings. The highest BCUT2D eigenvalue weighted by molar-refractivity contribution is 5.55. The molecule has 0 aliphatic carbocycles. The molecule has 1 aromatic rings. The molecule has 1 aliphatic heterocycles. The number of hydrogen-bond donors (Lipinski definition) is 1. The van der Waals surface area contributed by atoms with Gasteiger partial charge in [-0.1, -0.05) is 32.0 Å². The average Bonchev–Trinajstić information content (AvgIpc) is 2.32. The van der Waals surface area contributed by atoms with Gasteiger partial charge in [-0.3, -0.25) is 0 Å². The highest BCUT2D eigenvalue weighted by Crippen LogP contribution is 2.31. The molecule has 1 saturated heterocycles. The van der Waals surface area contributed by atoms with Crippen molar-refractivity contribution in [1.82, 2.24) is 0 Å². The molecule has 2 rings (SSSR count). The number of benzene rings is 1. The van der Waals surface area contributed by atoms with Gasteiger partial charge in [0.15, 0.2) is 0 Å². The molecule has 3 atom stereocenters. The van der Waals surface area contributed by atoms with Gasteiger partial charge in [-0.05, 0) is 36.8 Å². The first-order valence-electron chi connectivity index (χ1n) is 6.69. The Kier molecular flexibility index (Phi) is 3.72. The minimum absolute atomic E-state index is 0.112. The van der Waals surface area contributed by atoms with E-state index in [0.29, 0.717) is 0 Å². The average molecular weight is 232 g/mol. The summed E-state index contributed by atoms with van der Waals surface area (Å²) in [6.45, 7) is 9.10. The predicted octanol–water partition coefficient (Wildman–Crippen LogP) is 3.19. The smallest absolute Gasteiger partial charge is 0.0414 e. The molecule has 94 valence electrons. The highest BCUT2D eigenvalue weighted by atomic mass is 15.1. The molecule has 2 nitrogen and oxygen atoms in total. The van der Waals surface area contributed by atoms with E-state index < -0.39 is 0 Å². The molecular formula is C15H24N2. The summed E-state index contributed by atoms with van der Waals surface area (Å²) >= 11 is 0. The van der Waals surface area contributed by atoms with Crippen molar-refractivity contribution in [3.05, 3.63) is 29.8 Å². The van der Waals surface area contributed by atoms with Crippen LogP contribution in [0.2, 0.25) is 0 Å². The van der Waals surface area contributed by atoms with E-state index in [1.165, 1.54) is 17.7 Å². The van der Waals surface area contributed by atoms with E-state index in [1.54, 1.807) is 0 Å². The molecule has 17 heavy (non-hydrogen) atoms. The van der Waals surface area contributed by atoms with Gasteiger partial charge >= 0.3 is 0 Å². The first-order valence-corrected chi connectivity index (χ1v) is 6.69. The van der Waals surface area contributed by atoms with Crippen molar-refractivity contribution < 1.29 is 0 Å². The van der Waals surface area contributed by atoms with Crippen LogP contribution in [0.25, 0.3) is 0 Å². The van der Waals surface area contributed by atoms with E-state index in [1.807, 2.05) is 0 Å². The van der Waals surface area contributed by atoms with Crippen LogP contribution in [0.15, 0.2) is 24.3 Å². The highest BCUT2D eigenvalue weighted by Gasteiger charge is 2.24. The van der Waals surface area contributed by atoms with Gasteiger partial charge in [0.25, 0.3) is 0 Å². The molecule has 0 amide bonds. The SMILES string of the molecule is CC1CCN(c2ccccc2[C@@H](C)N)CC1C. The van der Waals surface area contributed by atoms with Gasteiger partial charge in [-0.25, -0.2) is 0 Å². The third kappa shape index (κ3) is 2.63. The molecule has 0 bridgehead atoms. The summed E-state index contributed by atoms with van der Waals surface area (Å²) in [6.07, 6.45) is 1.29. The predicted molar refractivity (Wildman–Crippen MR) is 74.2 cm³/mol. The second-order valence-corrected chi connectivity index (χ2v) is 5.54. The maximum absolute atomic E-state index is 6.06. The topological polar surface area (TPSA) is 29.3 Å². The first-order chi connectivity index (χ1) is 8.09. The molecular weight excluding hydrogens is 208 g/mol. The van der Waals surface area contributed by atoms with E-state index in [-0.39, 0.29) is 6.04 Å². The van der Waals surface area contributed by atoms with Crippen molar-refractivity contribution >= 4 is 5.69 Å². The lowest BCUT2D eigenvalue weighted by Gasteiger charge is -2.38. The van der Waals surface area contributed by atoms with Crippen molar-refractivity contribution in [2.45, 2.75) is 33.2 Å². The van der Waals surface area contributed by atoms with Gasteiger partial charge in [0, 0.05) is 24.8 Å². The fraction of sp³-hybridized carbons (Fsp3) is 0.600. The lowest BCUT2D eigenvalue weighted by atomic mass is 9.88. The van der Waals surface area contributed by atoms with Gasteiger partial charge in [0.2, 0.25) is 0 Å². The summed E-state index contributed by atoms with van der Waals surface area (Å²) in [5, 5.41) is 0. The number of hydrogen-bond acceptors (Lipinski definition) is 2. The van der Waals surface area contributed by atoms with Crippen LogP contribution in [0, 0.1) is 11.8 Å². The third-order valence-electron chi connectivity index (χ3n) is 4.10. The van der Waals surface area contributed by atoms with Crippen LogP contribution < -0.4 is 10.6 Å².